The molecule has 128 valence electrons. The van der Waals surface area contributed by atoms with Crippen LogP contribution in [0.5, 0.6) is 0 Å². The summed E-state index contributed by atoms with van der Waals surface area (Å²) in [4.78, 5) is 19.4. The molecule has 1 saturated heterocycles. The molecule has 1 saturated carbocycles. The van der Waals surface area contributed by atoms with Gasteiger partial charge in [-0.1, -0.05) is 20.8 Å². The van der Waals surface area contributed by atoms with Crippen LogP contribution in [0.15, 0.2) is 5.38 Å². The summed E-state index contributed by atoms with van der Waals surface area (Å²) in [5, 5.41) is 13.0. The van der Waals surface area contributed by atoms with Crippen LogP contribution < -0.4 is 0 Å². The first-order valence-electron chi connectivity index (χ1n) is 8.77. The molecular weight excluding hydrogens is 308 g/mol. The molecule has 1 aliphatic carbocycles. The lowest BCUT2D eigenvalue weighted by Gasteiger charge is -2.33. The summed E-state index contributed by atoms with van der Waals surface area (Å²) in [7, 11) is 0. The molecule has 2 aliphatic rings. The van der Waals surface area contributed by atoms with E-state index in [0.29, 0.717) is 12.3 Å². The maximum absolute atomic E-state index is 12.5. The van der Waals surface area contributed by atoms with Crippen LogP contribution in [0.25, 0.3) is 0 Å². The van der Waals surface area contributed by atoms with E-state index < -0.39 is 0 Å². The summed E-state index contributed by atoms with van der Waals surface area (Å²) in [5.74, 6) is 0.803. The topological polar surface area (TPSA) is 53.4 Å². The van der Waals surface area contributed by atoms with Gasteiger partial charge >= 0.3 is 0 Å². The summed E-state index contributed by atoms with van der Waals surface area (Å²) in [6.45, 7) is 8.26. The average Bonchev–Trinajstić information content (AvgIpc) is 3.15. The third-order valence-corrected chi connectivity index (χ3v) is 6.21. The van der Waals surface area contributed by atoms with Crippen LogP contribution in [0, 0.1) is 5.92 Å². The molecule has 3 rings (SSSR count). The van der Waals surface area contributed by atoms with Gasteiger partial charge in [0.2, 0.25) is 5.91 Å². The average molecular weight is 337 g/mol. The number of likely N-dealkylation sites (tertiary alicyclic amines) is 1. The van der Waals surface area contributed by atoms with Gasteiger partial charge in [0.05, 0.1) is 16.8 Å². The molecule has 0 radical (unpaired) electrons. The number of rotatable bonds is 2. The number of hydrogen-bond acceptors (Lipinski definition) is 4. The molecule has 0 bridgehead atoms. The number of aliphatic hydroxyl groups is 1. The maximum atomic E-state index is 12.5. The lowest BCUT2D eigenvalue weighted by Crippen LogP contribution is -2.41. The Bertz CT molecular complexity index is 556. The molecular formula is C18H28N2O2S. The van der Waals surface area contributed by atoms with Crippen molar-refractivity contribution in [3.8, 4) is 0 Å². The van der Waals surface area contributed by atoms with Crippen molar-refractivity contribution in [3.05, 3.63) is 16.1 Å². The highest BCUT2D eigenvalue weighted by molar-refractivity contribution is 7.09. The number of hydrogen-bond donors (Lipinski definition) is 1. The van der Waals surface area contributed by atoms with Gasteiger partial charge in [0.15, 0.2) is 0 Å². The highest BCUT2D eigenvalue weighted by Gasteiger charge is 2.34. The van der Waals surface area contributed by atoms with Crippen LogP contribution in [0.3, 0.4) is 0 Å². The van der Waals surface area contributed by atoms with Crippen molar-refractivity contribution in [1.29, 1.82) is 0 Å². The zero-order chi connectivity index (χ0) is 16.6. The Labute approximate surface area is 142 Å². The Kier molecular flexibility index (Phi) is 4.79. The summed E-state index contributed by atoms with van der Waals surface area (Å²) >= 11 is 1.77. The van der Waals surface area contributed by atoms with E-state index in [0.717, 1.165) is 38.8 Å². The molecule has 5 heteroatoms. The molecule has 1 N–H and O–H groups in total. The van der Waals surface area contributed by atoms with Crippen molar-refractivity contribution < 1.29 is 9.90 Å². The second-order valence-electron chi connectivity index (χ2n) is 8.08. The molecule has 1 aliphatic heterocycles. The van der Waals surface area contributed by atoms with Crippen LogP contribution >= 0.6 is 11.3 Å². The highest BCUT2D eigenvalue weighted by atomic mass is 32.1. The number of thiazole rings is 1. The van der Waals surface area contributed by atoms with E-state index in [-0.39, 0.29) is 23.3 Å². The zero-order valence-corrected chi connectivity index (χ0v) is 15.2. The predicted octanol–water partition coefficient (Wildman–Crippen LogP) is 3.31. The van der Waals surface area contributed by atoms with Crippen molar-refractivity contribution in [1.82, 2.24) is 9.88 Å². The van der Waals surface area contributed by atoms with Crippen molar-refractivity contribution in [2.24, 2.45) is 5.92 Å². The first-order chi connectivity index (χ1) is 10.8. The van der Waals surface area contributed by atoms with Crippen LogP contribution in [0.4, 0.5) is 0 Å². The van der Waals surface area contributed by atoms with Crippen molar-refractivity contribution in [2.45, 2.75) is 70.3 Å². The number of amides is 1. The van der Waals surface area contributed by atoms with E-state index in [4.69, 9.17) is 4.98 Å². The number of aliphatic hydroxyl groups excluding tert-OH is 1. The smallest absolute Gasteiger partial charge is 0.225 e. The highest BCUT2D eigenvalue weighted by Crippen LogP contribution is 2.34. The largest absolute Gasteiger partial charge is 0.393 e. The monoisotopic (exact) mass is 336 g/mol. The molecule has 1 aromatic rings. The molecule has 0 aromatic carbocycles. The molecule has 0 unspecified atom stereocenters. The van der Waals surface area contributed by atoms with Crippen LogP contribution in [-0.4, -0.2) is 40.1 Å². The normalized spacial score (nSPS) is 26.7. The van der Waals surface area contributed by atoms with Gasteiger partial charge in [-0.05, 0) is 32.1 Å². The molecule has 23 heavy (non-hydrogen) atoms. The fraction of sp³-hybridized carbons (Fsp3) is 0.778. The minimum absolute atomic E-state index is 0.0499. The quantitative estimate of drug-likeness (QED) is 0.901. The van der Waals surface area contributed by atoms with Gasteiger partial charge in [-0.2, -0.15) is 0 Å². The van der Waals surface area contributed by atoms with E-state index in [1.54, 1.807) is 11.3 Å². The first kappa shape index (κ1) is 16.9. The van der Waals surface area contributed by atoms with E-state index in [1.807, 2.05) is 4.90 Å². The lowest BCUT2D eigenvalue weighted by atomic mass is 9.92. The minimum Gasteiger partial charge on any atom is -0.393 e. The van der Waals surface area contributed by atoms with Crippen LogP contribution in [0.2, 0.25) is 0 Å². The molecule has 0 spiro atoms. The van der Waals surface area contributed by atoms with Crippen molar-refractivity contribution in [3.63, 3.8) is 0 Å². The second-order valence-corrected chi connectivity index (χ2v) is 8.97. The third kappa shape index (κ3) is 3.77. The maximum Gasteiger partial charge on any atom is 0.225 e. The minimum atomic E-state index is -0.271. The van der Waals surface area contributed by atoms with Gasteiger partial charge in [-0.15, -0.1) is 11.3 Å². The summed E-state index contributed by atoms with van der Waals surface area (Å²) in [6, 6.07) is 0. The number of nitrogens with zero attached hydrogens (tertiary/aromatic N) is 2. The number of carbonyl (C=O) groups is 1. The fourth-order valence-corrected chi connectivity index (χ4v) is 4.82. The SMILES string of the molecule is CC(C)(C)c1csc(C2CCN(C(=O)[C@@H]3CC[C@@H](O)C3)CC2)n1. The first-order valence-corrected chi connectivity index (χ1v) is 9.65. The molecule has 1 amide bonds. The molecule has 2 heterocycles. The molecule has 1 aromatic heterocycles. The number of piperidine rings is 1. The van der Waals surface area contributed by atoms with E-state index in [9.17, 15) is 9.90 Å². The predicted molar refractivity (Wildman–Crippen MR) is 92.7 cm³/mol. The van der Waals surface area contributed by atoms with E-state index >= 15 is 0 Å². The molecule has 2 atom stereocenters. The van der Waals surface area contributed by atoms with E-state index in [2.05, 4.69) is 26.2 Å². The van der Waals surface area contributed by atoms with Gasteiger partial charge in [-0.25, -0.2) is 4.98 Å². The Morgan fingerprint density at radius 3 is 2.48 bits per heavy atom. The van der Waals surface area contributed by atoms with E-state index in [1.165, 1.54) is 10.7 Å². The third-order valence-electron chi connectivity index (χ3n) is 5.20. The zero-order valence-electron chi connectivity index (χ0n) is 14.4. The Hall–Kier alpha value is -0.940. The summed E-state index contributed by atoms with van der Waals surface area (Å²) < 4.78 is 0. The van der Waals surface area contributed by atoms with Gasteiger partial charge in [0.1, 0.15) is 0 Å². The van der Waals surface area contributed by atoms with Crippen molar-refractivity contribution in [2.75, 3.05) is 13.1 Å². The lowest BCUT2D eigenvalue weighted by molar-refractivity contribution is -0.136. The van der Waals surface area contributed by atoms with Crippen LogP contribution in [0.1, 0.15) is 69.5 Å². The fourth-order valence-electron chi connectivity index (χ4n) is 3.61. The second kappa shape index (κ2) is 6.52. The Balaban J connectivity index is 1.56. The summed E-state index contributed by atoms with van der Waals surface area (Å²) in [5.41, 5.74) is 1.28. The summed E-state index contributed by atoms with van der Waals surface area (Å²) in [6.07, 6.45) is 4.03. The van der Waals surface area contributed by atoms with Gasteiger partial charge in [-0.3, -0.25) is 4.79 Å². The Morgan fingerprint density at radius 2 is 1.96 bits per heavy atom. The van der Waals surface area contributed by atoms with Gasteiger partial charge < -0.3 is 10.0 Å². The molecule has 2 fully saturated rings. The standard InChI is InChI=1S/C18H28N2O2S/c1-18(2,3)15-11-23-16(19-15)12-6-8-20(9-7-12)17(22)13-4-5-14(21)10-13/h11-14,21H,4-10H2,1-3H3/t13-,14-/m1/s1. The van der Waals surface area contributed by atoms with Gasteiger partial charge in [0.25, 0.3) is 0 Å². The number of carbonyl (C=O) groups excluding carboxylic acids is 1. The van der Waals surface area contributed by atoms with Crippen molar-refractivity contribution >= 4 is 17.2 Å². The Morgan fingerprint density at radius 1 is 1.26 bits per heavy atom. The van der Waals surface area contributed by atoms with Gasteiger partial charge in [0, 0.05) is 35.7 Å². The number of aromatic nitrogens is 1. The van der Waals surface area contributed by atoms with Crippen LogP contribution in [-0.2, 0) is 10.2 Å². The molecule has 4 nitrogen and oxygen atoms in total.